The van der Waals surface area contributed by atoms with Crippen LogP contribution in [0.3, 0.4) is 0 Å². The minimum Gasteiger partial charge on any atom is -0.466 e. The van der Waals surface area contributed by atoms with Crippen LogP contribution in [0.5, 0.6) is 0 Å². The van der Waals surface area contributed by atoms with Crippen molar-refractivity contribution in [3.05, 3.63) is 29.8 Å². The molecule has 6 nitrogen and oxygen atoms in total. The van der Waals surface area contributed by atoms with Gasteiger partial charge < -0.3 is 14.5 Å². The SMILES string of the molecule is COC(=O)C1CC(C2(C)C(=O)N(C)c3ccccc32)=NO1. The fraction of sp³-hybridized carbons (Fsp3) is 0.400. The first-order valence-electron chi connectivity index (χ1n) is 6.68. The molecule has 0 aromatic heterocycles. The van der Waals surface area contributed by atoms with E-state index in [0.717, 1.165) is 11.3 Å². The van der Waals surface area contributed by atoms with Crippen molar-refractivity contribution in [2.45, 2.75) is 24.9 Å². The van der Waals surface area contributed by atoms with Gasteiger partial charge in [-0.1, -0.05) is 23.4 Å². The summed E-state index contributed by atoms with van der Waals surface area (Å²) in [6.07, 6.45) is -0.510. The van der Waals surface area contributed by atoms with E-state index in [1.807, 2.05) is 31.2 Å². The van der Waals surface area contributed by atoms with Crippen LogP contribution in [-0.2, 0) is 24.6 Å². The number of amides is 1. The summed E-state index contributed by atoms with van der Waals surface area (Å²) >= 11 is 0. The standard InChI is InChI=1S/C15H16N2O4/c1-15(12-8-11(21-16-12)13(18)20-3)9-6-4-5-7-10(9)17(2)14(15)19/h4-7,11H,8H2,1-3H3. The van der Waals surface area contributed by atoms with Crippen LogP contribution in [0.2, 0.25) is 0 Å². The summed E-state index contributed by atoms with van der Waals surface area (Å²) in [6.45, 7) is 1.82. The van der Waals surface area contributed by atoms with Gasteiger partial charge in [-0.25, -0.2) is 4.79 Å². The van der Waals surface area contributed by atoms with Crippen molar-refractivity contribution in [2.24, 2.45) is 5.16 Å². The Balaban J connectivity index is 1.99. The van der Waals surface area contributed by atoms with Gasteiger partial charge in [-0.15, -0.1) is 0 Å². The molecule has 1 aromatic carbocycles. The molecule has 0 saturated heterocycles. The quantitative estimate of drug-likeness (QED) is 0.768. The van der Waals surface area contributed by atoms with Gasteiger partial charge in [0, 0.05) is 19.2 Å². The second-order valence-corrected chi connectivity index (χ2v) is 5.37. The maximum Gasteiger partial charge on any atom is 0.350 e. The van der Waals surface area contributed by atoms with Gasteiger partial charge in [0.2, 0.25) is 12.0 Å². The van der Waals surface area contributed by atoms with Gasteiger partial charge in [0.05, 0.1) is 12.8 Å². The Kier molecular flexibility index (Phi) is 2.97. The third-order valence-electron chi connectivity index (χ3n) is 4.25. The number of hydrogen-bond donors (Lipinski definition) is 0. The maximum atomic E-state index is 12.7. The fourth-order valence-electron chi connectivity index (χ4n) is 2.96. The fourth-order valence-corrected chi connectivity index (χ4v) is 2.96. The molecule has 0 N–H and O–H groups in total. The Bertz CT molecular complexity index is 655. The maximum absolute atomic E-state index is 12.7. The zero-order valence-corrected chi connectivity index (χ0v) is 12.1. The average Bonchev–Trinajstić information content (AvgIpc) is 3.08. The Labute approximate surface area is 122 Å². The Morgan fingerprint density at radius 3 is 2.90 bits per heavy atom. The predicted molar refractivity (Wildman–Crippen MR) is 76.1 cm³/mol. The molecule has 2 unspecified atom stereocenters. The second-order valence-electron chi connectivity index (χ2n) is 5.37. The van der Waals surface area contributed by atoms with E-state index in [4.69, 9.17) is 4.84 Å². The highest BCUT2D eigenvalue weighted by atomic mass is 16.7. The molecule has 2 heterocycles. The molecule has 21 heavy (non-hydrogen) atoms. The van der Waals surface area contributed by atoms with Crippen LogP contribution in [0.1, 0.15) is 18.9 Å². The number of fused-ring (bicyclic) bond motifs is 1. The first kappa shape index (κ1) is 13.6. The molecule has 6 heteroatoms. The number of esters is 1. The topological polar surface area (TPSA) is 68.2 Å². The first-order valence-corrected chi connectivity index (χ1v) is 6.68. The number of methoxy groups -OCH3 is 1. The molecule has 1 amide bonds. The number of para-hydroxylation sites is 1. The molecule has 0 spiro atoms. The molecule has 0 aliphatic carbocycles. The number of rotatable bonds is 2. The number of oxime groups is 1. The highest BCUT2D eigenvalue weighted by Gasteiger charge is 2.52. The summed E-state index contributed by atoms with van der Waals surface area (Å²) < 4.78 is 4.66. The van der Waals surface area contributed by atoms with E-state index < -0.39 is 17.5 Å². The van der Waals surface area contributed by atoms with Crippen LogP contribution >= 0.6 is 0 Å². The van der Waals surface area contributed by atoms with Gasteiger partial charge in [0.1, 0.15) is 5.41 Å². The number of anilines is 1. The molecule has 3 rings (SSSR count). The summed E-state index contributed by atoms with van der Waals surface area (Å²) in [6, 6.07) is 7.58. The predicted octanol–water partition coefficient (Wildman–Crippen LogP) is 1.24. The van der Waals surface area contributed by atoms with Crippen LogP contribution < -0.4 is 4.90 Å². The van der Waals surface area contributed by atoms with Crippen molar-refractivity contribution in [3.63, 3.8) is 0 Å². The van der Waals surface area contributed by atoms with Crippen LogP contribution in [-0.4, -0.2) is 37.8 Å². The van der Waals surface area contributed by atoms with Gasteiger partial charge in [-0.2, -0.15) is 0 Å². The number of carbonyl (C=O) groups excluding carboxylic acids is 2. The van der Waals surface area contributed by atoms with Crippen LogP contribution in [0.25, 0.3) is 0 Å². The monoisotopic (exact) mass is 288 g/mol. The van der Waals surface area contributed by atoms with Crippen molar-refractivity contribution in [2.75, 3.05) is 19.1 Å². The molecule has 2 aliphatic rings. The average molecular weight is 288 g/mol. The lowest BCUT2D eigenvalue weighted by Gasteiger charge is -2.22. The largest absolute Gasteiger partial charge is 0.466 e. The van der Waals surface area contributed by atoms with Gasteiger partial charge in [-0.3, -0.25) is 4.79 Å². The molecular weight excluding hydrogens is 272 g/mol. The van der Waals surface area contributed by atoms with E-state index in [1.165, 1.54) is 7.11 Å². The Morgan fingerprint density at radius 1 is 1.48 bits per heavy atom. The zero-order valence-electron chi connectivity index (χ0n) is 12.1. The van der Waals surface area contributed by atoms with E-state index in [9.17, 15) is 9.59 Å². The molecule has 0 radical (unpaired) electrons. The van der Waals surface area contributed by atoms with Crippen molar-refractivity contribution >= 4 is 23.3 Å². The highest BCUT2D eigenvalue weighted by molar-refractivity contribution is 6.23. The Morgan fingerprint density at radius 2 is 2.19 bits per heavy atom. The molecule has 0 bridgehead atoms. The third-order valence-corrected chi connectivity index (χ3v) is 4.25. The summed E-state index contributed by atoms with van der Waals surface area (Å²) in [7, 11) is 3.04. The minimum atomic E-state index is -0.895. The molecule has 2 aliphatic heterocycles. The first-order chi connectivity index (χ1) is 10.00. The molecular formula is C15H16N2O4. The lowest BCUT2D eigenvalue weighted by Crippen LogP contribution is -2.43. The van der Waals surface area contributed by atoms with Crippen molar-refractivity contribution in [1.29, 1.82) is 0 Å². The lowest BCUT2D eigenvalue weighted by atomic mass is 9.77. The van der Waals surface area contributed by atoms with Gasteiger partial charge in [-0.05, 0) is 18.6 Å². The van der Waals surface area contributed by atoms with E-state index in [2.05, 4.69) is 9.89 Å². The Hall–Kier alpha value is -2.37. The smallest absolute Gasteiger partial charge is 0.350 e. The number of carbonyl (C=O) groups is 2. The molecule has 2 atom stereocenters. The van der Waals surface area contributed by atoms with Crippen LogP contribution in [0, 0.1) is 0 Å². The van der Waals surface area contributed by atoms with E-state index in [0.29, 0.717) is 5.71 Å². The number of benzene rings is 1. The molecule has 110 valence electrons. The van der Waals surface area contributed by atoms with Crippen molar-refractivity contribution < 1.29 is 19.2 Å². The number of nitrogens with zero attached hydrogens (tertiary/aromatic N) is 2. The normalized spacial score (nSPS) is 27.2. The number of hydrogen-bond acceptors (Lipinski definition) is 5. The number of likely N-dealkylation sites (N-methyl/N-ethyl adjacent to an activating group) is 1. The van der Waals surface area contributed by atoms with Crippen molar-refractivity contribution in [1.82, 2.24) is 0 Å². The van der Waals surface area contributed by atoms with Gasteiger partial charge >= 0.3 is 5.97 Å². The van der Waals surface area contributed by atoms with Gasteiger partial charge in [0.15, 0.2) is 0 Å². The molecule has 0 saturated carbocycles. The summed E-state index contributed by atoms with van der Waals surface area (Å²) in [5.74, 6) is -0.555. The molecule has 0 fully saturated rings. The third kappa shape index (κ3) is 1.75. The number of ether oxygens (including phenoxy) is 1. The van der Waals surface area contributed by atoms with Crippen molar-refractivity contribution in [3.8, 4) is 0 Å². The molecule has 1 aromatic rings. The summed E-state index contributed by atoms with van der Waals surface area (Å²) in [5.41, 5.74) is 1.40. The summed E-state index contributed by atoms with van der Waals surface area (Å²) in [5, 5.41) is 3.99. The van der Waals surface area contributed by atoms with Gasteiger partial charge in [0.25, 0.3) is 0 Å². The van der Waals surface area contributed by atoms with E-state index in [-0.39, 0.29) is 12.3 Å². The minimum absolute atomic E-state index is 0.0726. The zero-order chi connectivity index (χ0) is 15.2. The van der Waals surface area contributed by atoms with Crippen LogP contribution in [0.15, 0.2) is 29.4 Å². The second kappa shape index (κ2) is 4.58. The lowest BCUT2D eigenvalue weighted by molar-refractivity contribution is -0.152. The van der Waals surface area contributed by atoms with E-state index in [1.54, 1.807) is 11.9 Å². The summed E-state index contributed by atoms with van der Waals surface area (Å²) in [4.78, 5) is 31.0. The highest BCUT2D eigenvalue weighted by Crippen LogP contribution is 2.43. The van der Waals surface area contributed by atoms with E-state index >= 15 is 0 Å². The van der Waals surface area contributed by atoms with Crippen LogP contribution in [0.4, 0.5) is 5.69 Å².